The van der Waals surface area contributed by atoms with Crippen molar-refractivity contribution in [2.24, 2.45) is 5.92 Å². The Morgan fingerprint density at radius 3 is 2.44 bits per heavy atom. The molecule has 2 aliphatic carbocycles. The van der Waals surface area contributed by atoms with Crippen LogP contribution in [0.25, 0.3) is 0 Å². The van der Waals surface area contributed by atoms with E-state index in [2.05, 4.69) is 12.2 Å². The van der Waals surface area contributed by atoms with Crippen LogP contribution in [-0.4, -0.2) is 32.2 Å². The van der Waals surface area contributed by atoms with Gasteiger partial charge in [0.05, 0.1) is 26.4 Å². The highest BCUT2D eigenvalue weighted by atomic mass is 16.5. The van der Waals surface area contributed by atoms with Gasteiger partial charge < -0.3 is 9.47 Å². The second kappa shape index (κ2) is 12.8. The summed E-state index contributed by atoms with van der Waals surface area (Å²) in [5.74, 6) is 0.990. The monoisotopic (exact) mass is 344 g/mol. The van der Waals surface area contributed by atoms with Crippen LogP contribution in [0.2, 0.25) is 0 Å². The number of allylic oxidation sites excluding steroid dienone is 7. The zero-order valence-electron chi connectivity index (χ0n) is 15.3. The maximum Gasteiger partial charge on any atom is 0.135 e. The highest BCUT2D eigenvalue weighted by molar-refractivity contribution is 5.78. The molecule has 0 amide bonds. The predicted molar refractivity (Wildman–Crippen MR) is 103 cm³/mol. The Balaban J connectivity index is 1.42. The molecule has 0 atom stereocenters. The first kappa shape index (κ1) is 19.9. The van der Waals surface area contributed by atoms with Crippen LogP contribution in [0.1, 0.15) is 51.4 Å². The van der Waals surface area contributed by atoms with Gasteiger partial charge >= 0.3 is 0 Å². The molecule has 0 unspecified atom stereocenters. The number of hydrogen-bond donors (Lipinski definition) is 0. The van der Waals surface area contributed by atoms with Crippen molar-refractivity contribution in [3.8, 4) is 0 Å². The molecule has 1 saturated carbocycles. The van der Waals surface area contributed by atoms with Gasteiger partial charge in [0.2, 0.25) is 0 Å². The molecule has 2 rings (SSSR count). The van der Waals surface area contributed by atoms with E-state index >= 15 is 0 Å². The van der Waals surface area contributed by atoms with Crippen molar-refractivity contribution in [3.05, 3.63) is 48.1 Å². The molecule has 0 aromatic carbocycles. The number of rotatable bonds is 11. The molecule has 0 radical (unpaired) electrons. The van der Waals surface area contributed by atoms with Gasteiger partial charge in [-0.15, -0.1) is 0 Å². The van der Waals surface area contributed by atoms with Crippen molar-refractivity contribution >= 4 is 5.78 Å². The summed E-state index contributed by atoms with van der Waals surface area (Å²) in [7, 11) is 0. The van der Waals surface area contributed by atoms with Crippen LogP contribution < -0.4 is 0 Å². The van der Waals surface area contributed by atoms with E-state index in [-0.39, 0.29) is 0 Å². The quantitative estimate of drug-likeness (QED) is 0.498. The second-order valence-electron chi connectivity index (χ2n) is 6.84. The van der Waals surface area contributed by atoms with Crippen LogP contribution in [0.5, 0.6) is 0 Å². The lowest BCUT2D eigenvalue weighted by Gasteiger charge is -2.20. The highest BCUT2D eigenvalue weighted by Crippen LogP contribution is 2.26. The van der Waals surface area contributed by atoms with Crippen LogP contribution in [0.15, 0.2) is 48.1 Å². The van der Waals surface area contributed by atoms with Gasteiger partial charge in [-0.05, 0) is 17.9 Å². The van der Waals surface area contributed by atoms with E-state index in [9.17, 15) is 4.79 Å². The summed E-state index contributed by atoms with van der Waals surface area (Å²) in [6.07, 6.45) is 23.0. The van der Waals surface area contributed by atoms with Crippen LogP contribution in [-0.2, 0) is 14.3 Å². The average molecular weight is 344 g/mol. The van der Waals surface area contributed by atoms with Crippen molar-refractivity contribution < 1.29 is 14.3 Å². The molecule has 0 bridgehead atoms. The number of Topliss-reactive ketones (excluding diaryl/α,β-unsaturated/α-hetero) is 1. The molecular weight excluding hydrogens is 312 g/mol. The van der Waals surface area contributed by atoms with Crippen molar-refractivity contribution in [1.29, 1.82) is 0 Å². The standard InChI is InChI=1S/C22H32O3/c23-22(19-21-11-7-4-8-12-21)14-16-25-18-17-24-15-13-20-9-5-2-1-3-6-10-20/h1-3,5-6,9-10,21H,4,7-8,11-19H2/b2-1-,3-1?,5-2?,6-3-,9-5-,10-6?,20-9?,20-10+. The van der Waals surface area contributed by atoms with Gasteiger partial charge in [-0.3, -0.25) is 4.79 Å². The van der Waals surface area contributed by atoms with E-state index < -0.39 is 0 Å². The van der Waals surface area contributed by atoms with Crippen LogP contribution >= 0.6 is 0 Å². The van der Waals surface area contributed by atoms with E-state index in [0.29, 0.717) is 44.5 Å². The second-order valence-corrected chi connectivity index (χ2v) is 6.84. The molecule has 0 spiro atoms. The Bertz CT molecular complexity index is 493. The number of carbonyl (C=O) groups is 1. The molecule has 138 valence electrons. The summed E-state index contributed by atoms with van der Waals surface area (Å²) in [5, 5.41) is 0. The fourth-order valence-electron chi connectivity index (χ4n) is 3.29. The first-order valence-electron chi connectivity index (χ1n) is 9.72. The lowest BCUT2D eigenvalue weighted by atomic mass is 9.85. The maximum absolute atomic E-state index is 11.9. The van der Waals surface area contributed by atoms with Gasteiger partial charge in [-0.25, -0.2) is 0 Å². The normalized spacial score (nSPS) is 23.9. The zero-order valence-corrected chi connectivity index (χ0v) is 15.3. The molecule has 2 aliphatic rings. The molecular formula is C22H32O3. The van der Waals surface area contributed by atoms with Gasteiger partial charge in [0.25, 0.3) is 0 Å². The number of carbonyl (C=O) groups excluding carboxylic acids is 1. The largest absolute Gasteiger partial charge is 0.379 e. The van der Waals surface area contributed by atoms with Crippen LogP contribution in [0, 0.1) is 5.92 Å². The number of hydrogen-bond acceptors (Lipinski definition) is 3. The van der Waals surface area contributed by atoms with Gasteiger partial charge in [-0.2, -0.15) is 0 Å². The minimum Gasteiger partial charge on any atom is -0.379 e. The fraction of sp³-hybridized carbons (Fsp3) is 0.591. The third-order valence-electron chi connectivity index (χ3n) is 4.74. The molecule has 0 aromatic heterocycles. The Morgan fingerprint density at radius 2 is 1.60 bits per heavy atom. The van der Waals surface area contributed by atoms with Crippen LogP contribution in [0.3, 0.4) is 0 Å². The smallest absolute Gasteiger partial charge is 0.135 e. The molecule has 0 saturated heterocycles. The molecule has 0 aliphatic heterocycles. The number of ketones is 1. The van der Waals surface area contributed by atoms with Crippen molar-refractivity contribution in [2.75, 3.05) is 26.4 Å². The highest BCUT2D eigenvalue weighted by Gasteiger charge is 2.16. The Hall–Kier alpha value is -1.45. The molecule has 0 N–H and O–H groups in total. The minimum absolute atomic E-state index is 0.359. The van der Waals surface area contributed by atoms with Gasteiger partial charge in [-0.1, -0.05) is 74.6 Å². The van der Waals surface area contributed by atoms with Crippen molar-refractivity contribution in [1.82, 2.24) is 0 Å². The van der Waals surface area contributed by atoms with Gasteiger partial charge in [0, 0.05) is 12.8 Å². The zero-order chi connectivity index (χ0) is 17.6. The Morgan fingerprint density at radius 1 is 0.880 bits per heavy atom. The first-order chi connectivity index (χ1) is 12.3. The number of ether oxygens (including phenoxy) is 2. The van der Waals surface area contributed by atoms with E-state index in [1.807, 2.05) is 30.4 Å². The Kier molecular flexibility index (Phi) is 10.2. The summed E-state index contributed by atoms with van der Waals surface area (Å²) < 4.78 is 11.1. The van der Waals surface area contributed by atoms with E-state index in [1.54, 1.807) is 0 Å². The van der Waals surface area contributed by atoms with Crippen molar-refractivity contribution in [3.63, 3.8) is 0 Å². The average Bonchev–Trinajstić information content (AvgIpc) is 2.59. The first-order valence-corrected chi connectivity index (χ1v) is 9.72. The van der Waals surface area contributed by atoms with Crippen LogP contribution in [0.4, 0.5) is 0 Å². The maximum atomic E-state index is 11.9. The molecule has 0 aromatic rings. The predicted octanol–water partition coefficient (Wildman–Crippen LogP) is 4.95. The lowest BCUT2D eigenvalue weighted by molar-refractivity contribution is -0.121. The van der Waals surface area contributed by atoms with E-state index in [4.69, 9.17) is 9.47 Å². The third-order valence-corrected chi connectivity index (χ3v) is 4.74. The minimum atomic E-state index is 0.359. The SMILES string of the molecule is O=C(CCOCCOCCC1=C/C=C\C=C/C=C\1)CC1CCCCC1. The molecule has 1 fully saturated rings. The summed E-state index contributed by atoms with van der Waals surface area (Å²) in [4.78, 5) is 11.9. The van der Waals surface area contributed by atoms with Gasteiger partial charge in [0.1, 0.15) is 5.78 Å². The molecule has 3 heteroatoms. The molecule has 3 nitrogen and oxygen atoms in total. The van der Waals surface area contributed by atoms with E-state index in [1.165, 1.54) is 37.7 Å². The van der Waals surface area contributed by atoms with Crippen molar-refractivity contribution in [2.45, 2.75) is 51.4 Å². The van der Waals surface area contributed by atoms with Gasteiger partial charge in [0.15, 0.2) is 0 Å². The Labute approximate surface area is 152 Å². The summed E-state index contributed by atoms with van der Waals surface area (Å²) in [6.45, 7) is 2.37. The lowest BCUT2D eigenvalue weighted by Crippen LogP contribution is -2.14. The fourth-order valence-corrected chi connectivity index (χ4v) is 3.29. The summed E-state index contributed by atoms with van der Waals surface area (Å²) >= 11 is 0. The topological polar surface area (TPSA) is 35.5 Å². The molecule has 25 heavy (non-hydrogen) atoms. The third kappa shape index (κ3) is 9.57. The summed E-state index contributed by atoms with van der Waals surface area (Å²) in [6, 6.07) is 0. The molecule has 0 heterocycles. The summed E-state index contributed by atoms with van der Waals surface area (Å²) in [5.41, 5.74) is 1.26. The van der Waals surface area contributed by atoms with E-state index in [0.717, 1.165) is 12.8 Å².